The smallest absolute Gasteiger partial charge is 0.306 e. The van der Waals surface area contributed by atoms with Crippen LogP contribution in [0.2, 0.25) is 0 Å². The van der Waals surface area contributed by atoms with Crippen molar-refractivity contribution in [1.82, 2.24) is 5.32 Å². The van der Waals surface area contributed by atoms with E-state index in [1.807, 2.05) is 12.2 Å². The van der Waals surface area contributed by atoms with Crippen LogP contribution in [0.15, 0.2) is 60.8 Å². The highest BCUT2D eigenvalue weighted by molar-refractivity contribution is 5.77. The largest absolute Gasteiger partial charge is 0.462 e. The Morgan fingerprint density at radius 1 is 0.525 bits per heavy atom. The van der Waals surface area contributed by atoms with Crippen LogP contribution >= 0.6 is 0 Å². The Bertz CT molecular complexity index is 1060. The maximum atomic E-state index is 13.1. The van der Waals surface area contributed by atoms with Crippen molar-refractivity contribution in [1.29, 1.82) is 0 Å². The molecule has 0 aliphatic heterocycles. The number of nitrogens with one attached hydrogen (secondary N) is 1. The van der Waals surface area contributed by atoms with E-state index >= 15 is 0 Å². The van der Waals surface area contributed by atoms with Crippen LogP contribution in [0.3, 0.4) is 0 Å². The van der Waals surface area contributed by atoms with Gasteiger partial charge in [0, 0.05) is 6.42 Å². The van der Waals surface area contributed by atoms with Gasteiger partial charge in [-0.25, -0.2) is 0 Å². The Morgan fingerprint density at radius 3 is 1.56 bits per heavy atom. The van der Waals surface area contributed by atoms with E-state index < -0.39 is 18.2 Å². The molecule has 0 fully saturated rings. The Labute approximate surface area is 365 Å². The lowest BCUT2D eigenvalue weighted by atomic mass is 10.0. The van der Waals surface area contributed by atoms with Crippen LogP contribution in [-0.2, 0) is 14.3 Å². The molecule has 0 aromatic heterocycles. The number of carbonyl (C=O) groups is 2. The van der Waals surface area contributed by atoms with Crippen LogP contribution in [0.1, 0.15) is 239 Å². The molecule has 0 spiro atoms. The highest BCUT2D eigenvalue weighted by Crippen LogP contribution is 2.17. The van der Waals surface area contributed by atoms with E-state index in [-0.39, 0.29) is 24.9 Å². The molecular formula is C53H95NO5. The first kappa shape index (κ1) is 56.6. The third-order valence-electron chi connectivity index (χ3n) is 11.1. The third-order valence-corrected chi connectivity index (χ3v) is 11.1. The molecule has 6 heteroatoms. The topological polar surface area (TPSA) is 95.9 Å². The predicted octanol–water partition coefficient (Wildman–Crippen LogP) is 14.8. The van der Waals surface area contributed by atoms with Crippen molar-refractivity contribution >= 4 is 11.9 Å². The highest BCUT2D eigenvalue weighted by Gasteiger charge is 2.24. The quantitative estimate of drug-likeness (QED) is 0.0246. The van der Waals surface area contributed by atoms with E-state index in [2.05, 4.69) is 74.7 Å². The second kappa shape index (κ2) is 46.6. The van der Waals surface area contributed by atoms with E-state index in [0.717, 1.165) is 77.0 Å². The molecule has 1 amide bonds. The number of allylic oxidation sites excluding steroid dienone is 10. The summed E-state index contributed by atoms with van der Waals surface area (Å²) in [6.45, 7) is 6.30. The number of hydrogen-bond donors (Lipinski definition) is 3. The fourth-order valence-electron chi connectivity index (χ4n) is 7.34. The fourth-order valence-corrected chi connectivity index (χ4v) is 7.34. The Balaban J connectivity index is 4.53. The summed E-state index contributed by atoms with van der Waals surface area (Å²) < 4.78 is 5.90. The van der Waals surface area contributed by atoms with Crippen LogP contribution < -0.4 is 5.32 Å². The second-order valence-electron chi connectivity index (χ2n) is 16.9. The summed E-state index contributed by atoms with van der Waals surface area (Å²) in [7, 11) is 0. The molecule has 59 heavy (non-hydrogen) atoms. The van der Waals surface area contributed by atoms with Crippen LogP contribution in [0.4, 0.5) is 0 Å². The number of carbonyl (C=O) groups excluding carboxylic acids is 2. The Hall–Kier alpha value is -2.44. The van der Waals surface area contributed by atoms with Crippen molar-refractivity contribution in [2.45, 2.75) is 257 Å². The summed E-state index contributed by atoms with van der Waals surface area (Å²) >= 11 is 0. The summed E-state index contributed by atoms with van der Waals surface area (Å²) in [5.41, 5.74) is 0. The summed E-state index contributed by atoms with van der Waals surface area (Å²) in [6, 6.07) is -0.713. The van der Waals surface area contributed by atoms with Gasteiger partial charge in [-0.15, -0.1) is 0 Å². The number of aliphatic hydroxyl groups excluding tert-OH is 2. The molecule has 0 aromatic carbocycles. The van der Waals surface area contributed by atoms with Crippen molar-refractivity contribution in [3.63, 3.8) is 0 Å². The van der Waals surface area contributed by atoms with Gasteiger partial charge in [0.25, 0.3) is 0 Å². The lowest BCUT2D eigenvalue weighted by Gasteiger charge is -2.24. The summed E-state index contributed by atoms with van der Waals surface area (Å²) in [6.07, 6.45) is 57.2. The van der Waals surface area contributed by atoms with Crippen LogP contribution in [0.5, 0.6) is 0 Å². The molecule has 0 heterocycles. The van der Waals surface area contributed by atoms with Gasteiger partial charge in [0.05, 0.1) is 25.2 Å². The maximum absolute atomic E-state index is 13.1. The minimum Gasteiger partial charge on any atom is -0.462 e. The minimum absolute atomic E-state index is 0.0516. The van der Waals surface area contributed by atoms with Crippen molar-refractivity contribution in [3.8, 4) is 0 Å². The molecule has 0 bridgehead atoms. The van der Waals surface area contributed by atoms with Crippen molar-refractivity contribution in [2.75, 3.05) is 6.61 Å². The normalized spacial score (nSPS) is 13.8. The third kappa shape index (κ3) is 42.1. The van der Waals surface area contributed by atoms with Crippen LogP contribution in [0, 0.1) is 0 Å². The fraction of sp³-hybridized carbons (Fsp3) is 0.774. The van der Waals surface area contributed by atoms with Gasteiger partial charge in [-0.3, -0.25) is 9.59 Å². The standard InChI is InChI=1S/C53H95NO5/c1-4-7-10-13-16-19-22-23-24-25-26-27-28-29-31-34-37-40-43-46-53(58)59-49(44-41-38-35-32-30-20-17-14-11-8-5-2)47-52(57)54-50(48-55)51(56)45-42-39-36-33-21-18-15-12-9-6-3/h8,11,14,16-17,19-20,23-24,30,49-51,55-56H,4-7,9-10,12-13,15,18,21-22,25-29,31-48H2,1-3H3,(H,54,57)/b11-8+,17-14+,19-16-,24-23-,30-20-. The summed E-state index contributed by atoms with van der Waals surface area (Å²) in [4.78, 5) is 26.1. The molecule has 0 saturated carbocycles. The lowest BCUT2D eigenvalue weighted by Crippen LogP contribution is -2.46. The average molecular weight is 826 g/mol. The maximum Gasteiger partial charge on any atom is 0.306 e. The van der Waals surface area contributed by atoms with Gasteiger partial charge in [0.15, 0.2) is 0 Å². The molecule has 0 rings (SSSR count). The van der Waals surface area contributed by atoms with E-state index in [9.17, 15) is 19.8 Å². The SMILES string of the molecule is CC/C=C/C=C/C=C\CCCCCC(CC(=O)NC(CO)C(O)CCCCCCCCCCCC)OC(=O)CCCCCCCCCCC/C=C\C/C=C\CCCCC. The molecule has 3 unspecified atom stereocenters. The average Bonchev–Trinajstić information content (AvgIpc) is 3.23. The van der Waals surface area contributed by atoms with E-state index in [1.54, 1.807) is 0 Å². The van der Waals surface area contributed by atoms with Crippen molar-refractivity contribution in [3.05, 3.63) is 60.8 Å². The Kier molecular flexibility index (Phi) is 44.7. The minimum atomic E-state index is -0.797. The number of rotatable bonds is 44. The molecule has 0 saturated heterocycles. The molecule has 342 valence electrons. The molecule has 3 atom stereocenters. The molecule has 3 N–H and O–H groups in total. The van der Waals surface area contributed by atoms with Gasteiger partial charge >= 0.3 is 5.97 Å². The van der Waals surface area contributed by atoms with E-state index in [0.29, 0.717) is 19.3 Å². The molecule has 6 nitrogen and oxygen atoms in total. The first-order valence-electron chi connectivity index (χ1n) is 25.0. The first-order valence-corrected chi connectivity index (χ1v) is 25.0. The summed E-state index contributed by atoms with van der Waals surface area (Å²) in [5.74, 6) is -0.514. The number of amides is 1. The van der Waals surface area contributed by atoms with Gasteiger partial charge in [0.2, 0.25) is 5.91 Å². The zero-order valence-electron chi connectivity index (χ0n) is 38.9. The van der Waals surface area contributed by atoms with Gasteiger partial charge in [-0.1, -0.05) is 210 Å². The number of unbranched alkanes of at least 4 members (excludes halogenated alkanes) is 24. The van der Waals surface area contributed by atoms with E-state index in [4.69, 9.17) is 4.74 Å². The summed E-state index contributed by atoms with van der Waals surface area (Å²) in [5, 5.41) is 23.6. The van der Waals surface area contributed by atoms with Gasteiger partial charge in [0.1, 0.15) is 6.10 Å². The van der Waals surface area contributed by atoms with Gasteiger partial charge in [-0.05, 0) is 77.0 Å². The van der Waals surface area contributed by atoms with Crippen molar-refractivity contribution < 1.29 is 24.5 Å². The molecule has 0 radical (unpaired) electrons. The molecule has 0 aliphatic carbocycles. The van der Waals surface area contributed by atoms with E-state index in [1.165, 1.54) is 116 Å². The van der Waals surface area contributed by atoms with Crippen LogP contribution in [-0.4, -0.2) is 46.9 Å². The highest BCUT2D eigenvalue weighted by atomic mass is 16.5. The second-order valence-corrected chi connectivity index (χ2v) is 16.9. The lowest BCUT2D eigenvalue weighted by molar-refractivity contribution is -0.151. The zero-order valence-corrected chi connectivity index (χ0v) is 38.9. The van der Waals surface area contributed by atoms with Crippen molar-refractivity contribution in [2.24, 2.45) is 0 Å². The number of aliphatic hydroxyl groups is 2. The van der Waals surface area contributed by atoms with Gasteiger partial charge < -0.3 is 20.3 Å². The zero-order chi connectivity index (χ0) is 43.1. The van der Waals surface area contributed by atoms with Crippen LogP contribution in [0.25, 0.3) is 0 Å². The number of esters is 1. The van der Waals surface area contributed by atoms with Gasteiger partial charge in [-0.2, -0.15) is 0 Å². The Morgan fingerprint density at radius 2 is 0.983 bits per heavy atom. The predicted molar refractivity (Wildman–Crippen MR) is 255 cm³/mol. The molecular weight excluding hydrogens is 731 g/mol. The number of hydrogen-bond acceptors (Lipinski definition) is 5. The molecule has 0 aliphatic rings. The molecule has 0 aromatic rings. The monoisotopic (exact) mass is 826 g/mol. The number of ether oxygens (including phenoxy) is 1. The first-order chi connectivity index (χ1) is 29.0.